The molecule has 8 nitrogen and oxygen atoms in total. The van der Waals surface area contributed by atoms with E-state index in [1.54, 1.807) is 6.07 Å². The summed E-state index contributed by atoms with van der Waals surface area (Å²) in [6.45, 7) is 7.49. The van der Waals surface area contributed by atoms with Crippen LogP contribution in [-0.4, -0.2) is 34.4 Å². The fourth-order valence-corrected chi connectivity index (χ4v) is 5.49. The van der Waals surface area contributed by atoms with Gasteiger partial charge in [0.1, 0.15) is 5.60 Å². The molecular weight excluding hydrogens is 524 g/mol. The van der Waals surface area contributed by atoms with Crippen LogP contribution in [0.1, 0.15) is 59.9 Å². The van der Waals surface area contributed by atoms with Crippen molar-refractivity contribution >= 4 is 56.4 Å². The van der Waals surface area contributed by atoms with E-state index >= 15 is 0 Å². The lowest BCUT2D eigenvalue weighted by molar-refractivity contribution is -0.163. The first-order chi connectivity index (χ1) is 19.1. The lowest BCUT2D eigenvalue weighted by Crippen LogP contribution is -2.48. The lowest BCUT2D eigenvalue weighted by atomic mass is 9.80. The lowest BCUT2D eigenvalue weighted by Gasteiger charge is -2.35. The van der Waals surface area contributed by atoms with Gasteiger partial charge in [0.25, 0.3) is 11.8 Å². The van der Waals surface area contributed by atoms with Crippen molar-refractivity contribution in [3.63, 3.8) is 0 Å². The van der Waals surface area contributed by atoms with Crippen molar-refractivity contribution in [2.24, 2.45) is 5.92 Å². The summed E-state index contributed by atoms with van der Waals surface area (Å²) in [7, 11) is 0. The number of esters is 1. The molecule has 2 aromatic carbocycles. The summed E-state index contributed by atoms with van der Waals surface area (Å²) in [6, 6.07) is 17.0. The Hall–Kier alpha value is -4.24. The van der Waals surface area contributed by atoms with Crippen molar-refractivity contribution in [2.45, 2.75) is 52.2 Å². The van der Waals surface area contributed by atoms with Crippen molar-refractivity contribution in [2.75, 3.05) is 10.6 Å². The number of anilines is 3. The molecular formula is C31H32N4O4S. The number of nitrogens with zero attached hydrogens (tertiary/aromatic N) is 1. The molecule has 1 aliphatic rings. The number of amides is 2. The maximum absolute atomic E-state index is 13.4. The highest BCUT2D eigenvalue weighted by molar-refractivity contribution is 7.17. The van der Waals surface area contributed by atoms with Gasteiger partial charge in [0, 0.05) is 33.4 Å². The number of thiophene rings is 1. The fourth-order valence-electron chi connectivity index (χ4n) is 4.55. The van der Waals surface area contributed by atoms with Gasteiger partial charge < -0.3 is 20.7 Å². The molecule has 0 aliphatic heterocycles. The number of fused-ring (bicyclic) bond motifs is 1. The number of nitrogens with one attached hydrogen (secondary N) is 3. The summed E-state index contributed by atoms with van der Waals surface area (Å²) < 4.78 is 6.47. The van der Waals surface area contributed by atoms with E-state index in [1.165, 1.54) is 17.5 Å². The third-order valence-electron chi connectivity index (χ3n) is 6.74. The van der Waals surface area contributed by atoms with Crippen molar-refractivity contribution in [3.8, 4) is 0 Å². The molecule has 40 heavy (non-hydrogen) atoms. The first-order valence-corrected chi connectivity index (χ1v) is 14.1. The van der Waals surface area contributed by atoms with Crippen molar-refractivity contribution < 1.29 is 19.1 Å². The van der Waals surface area contributed by atoms with Gasteiger partial charge in [-0.15, -0.1) is 11.3 Å². The highest BCUT2D eigenvalue weighted by atomic mass is 32.1. The van der Waals surface area contributed by atoms with Crippen LogP contribution in [0.4, 0.5) is 17.2 Å². The van der Waals surface area contributed by atoms with Gasteiger partial charge in [0.05, 0.1) is 22.7 Å². The number of carbonyl (C=O) groups excluding carboxylic acids is 3. The number of carbonyl (C=O) groups is 3. The van der Waals surface area contributed by atoms with Crippen LogP contribution in [0, 0.1) is 12.8 Å². The number of aromatic nitrogens is 1. The molecule has 0 radical (unpaired) electrons. The quantitative estimate of drug-likeness (QED) is 0.226. The number of aryl methyl sites for hydroxylation is 1. The minimum absolute atomic E-state index is 0.134. The zero-order valence-corrected chi connectivity index (χ0v) is 23.7. The molecule has 0 saturated heterocycles. The number of para-hydroxylation sites is 1. The number of pyridine rings is 1. The van der Waals surface area contributed by atoms with E-state index in [0.717, 1.165) is 21.3 Å². The molecule has 0 bridgehead atoms. The highest BCUT2D eigenvalue weighted by Gasteiger charge is 2.38. The normalized spacial score (nSPS) is 16.6. The van der Waals surface area contributed by atoms with Crippen LogP contribution in [0.25, 0.3) is 10.1 Å². The molecule has 2 aromatic heterocycles. The maximum atomic E-state index is 13.4. The van der Waals surface area contributed by atoms with Crippen LogP contribution in [0.5, 0.6) is 0 Å². The van der Waals surface area contributed by atoms with E-state index in [0.29, 0.717) is 35.5 Å². The van der Waals surface area contributed by atoms with E-state index in [-0.39, 0.29) is 29.7 Å². The van der Waals surface area contributed by atoms with Crippen molar-refractivity contribution in [3.05, 3.63) is 82.9 Å². The Balaban J connectivity index is 1.34. The van der Waals surface area contributed by atoms with E-state index in [2.05, 4.69) is 20.9 Å². The third-order valence-corrected chi connectivity index (χ3v) is 7.70. The van der Waals surface area contributed by atoms with E-state index < -0.39 is 5.60 Å². The molecule has 206 valence electrons. The largest absolute Gasteiger partial charge is 0.460 e. The summed E-state index contributed by atoms with van der Waals surface area (Å²) >= 11 is 1.50. The third kappa shape index (κ3) is 6.15. The Bertz CT molecular complexity index is 1580. The van der Waals surface area contributed by atoms with Gasteiger partial charge in [0.2, 0.25) is 0 Å². The minimum atomic E-state index is -0.540. The summed E-state index contributed by atoms with van der Waals surface area (Å²) in [5.74, 6) is -0.647. The fraction of sp³-hybridized carbons (Fsp3) is 0.290. The predicted octanol–water partition coefficient (Wildman–Crippen LogP) is 6.45. The van der Waals surface area contributed by atoms with Gasteiger partial charge in [-0.2, -0.15) is 0 Å². The van der Waals surface area contributed by atoms with Gasteiger partial charge in [-0.1, -0.05) is 36.4 Å². The summed E-state index contributed by atoms with van der Waals surface area (Å²) in [4.78, 5) is 43.3. The number of rotatable bonds is 7. The molecule has 9 heteroatoms. The van der Waals surface area contributed by atoms with E-state index in [4.69, 9.17) is 4.74 Å². The molecule has 1 fully saturated rings. The van der Waals surface area contributed by atoms with Crippen molar-refractivity contribution in [1.82, 2.24) is 10.3 Å². The molecule has 0 spiro atoms. The SMILES string of the molecule is Cc1ccccc1Nc1ncc(C(=O)NC2CC(C(=O)OC(C)(C)C)C2)cc1NC(=O)c1csc2ccccc12. The van der Waals surface area contributed by atoms with Crippen LogP contribution < -0.4 is 16.0 Å². The average Bonchev–Trinajstić information content (AvgIpc) is 3.31. The van der Waals surface area contributed by atoms with Gasteiger partial charge in [-0.3, -0.25) is 14.4 Å². The number of benzene rings is 2. The molecule has 4 aromatic rings. The molecule has 3 N–H and O–H groups in total. The molecule has 2 amide bonds. The van der Waals surface area contributed by atoms with Gasteiger partial charge in [0.15, 0.2) is 5.82 Å². The number of hydrogen-bond donors (Lipinski definition) is 3. The zero-order chi connectivity index (χ0) is 28.4. The maximum Gasteiger partial charge on any atom is 0.309 e. The smallest absolute Gasteiger partial charge is 0.309 e. The standard InChI is InChI=1S/C31H32N4O4S/c1-18-9-5-7-11-24(18)34-27-25(35-29(37)23-17-40-26-12-8-6-10-22(23)26)15-20(16-32-27)28(36)33-21-13-19(14-21)30(38)39-31(2,3)4/h5-12,15-17,19,21H,13-14H2,1-4H3,(H,32,34)(H,33,36)(H,35,37). The van der Waals surface area contributed by atoms with Crippen LogP contribution >= 0.6 is 11.3 Å². The summed E-state index contributed by atoms with van der Waals surface area (Å²) in [5, 5.41) is 11.9. The van der Waals surface area contributed by atoms with Gasteiger partial charge >= 0.3 is 5.97 Å². The molecule has 5 rings (SSSR count). The van der Waals surface area contributed by atoms with Crippen LogP contribution in [-0.2, 0) is 9.53 Å². The Labute approximate surface area is 237 Å². The highest BCUT2D eigenvalue weighted by Crippen LogP contribution is 2.32. The summed E-state index contributed by atoms with van der Waals surface area (Å²) in [5.41, 5.74) is 2.56. The minimum Gasteiger partial charge on any atom is -0.460 e. The first-order valence-electron chi connectivity index (χ1n) is 13.2. The van der Waals surface area contributed by atoms with Crippen molar-refractivity contribution in [1.29, 1.82) is 0 Å². The zero-order valence-electron chi connectivity index (χ0n) is 22.9. The van der Waals surface area contributed by atoms with Gasteiger partial charge in [-0.05, 0) is 64.3 Å². The molecule has 1 saturated carbocycles. The topological polar surface area (TPSA) is 109 Å². The Kier molecular flexibility index (Phi) is 7.58. The van der Waals surface area contributed by atoms with Gasteiger partial charge in [-0.25, -0.2) is 4.98 Å². The molecule has 2 heterocycles. The monoisotopic (exact) mass is 556 g/mol. The van der Waals surface area contributed by atoms with E-state index in [1.807, 2.05) is 81.6 Å². The second-order valence-electron chi connectivity index (χ2n) is 11.0. The predicted molar refractivity (Wildman–Crippen MR) is 158 cm³/mol. The average molecular weight is 557 g/mol. The number of hydrogen-bond acceptors (Lipinski definition) is 7. The van der Waals surface area contributed by atoms with E-state index in [9.17, 15) is 14.4 Å². The Morgan fingerprint density at radius 1 is 0.975 bits per heavy atom. The van der Waals surface area contributed by atoms with Crippen LogP contribution in [0.3, 0.4) is 0 Å². The second kappa shape index (κ2) is 11.1. The molecule has 1 aliphatic carbocycles. The number of ether oxygens (including phenoxy) is 1. The first kappa shape index (κ1) is 27.3. The Morgan fingerprint density at radius 2 is 1.70 bits per heavy atom. The molecule has 0 atom stereocenters. The van der Waals surface area contributed by atoms with Crippen LogP contribution in [0.15, 0.2) is 66.2 Å². The summed E-state index contributed by atoms with van der Waals surface area (Å²) in [6.07, 6.45) is 2.53. The molecule has 0 unspecified atom stereocenters. The Morgan fingerprint density at radius 3 is 2.45 bits per heavy atom. The van der Waals surface area contributed by atoms with Crippen LogP contribution in [0.2, 0.25) is 0 Å². The second-order valence-corrected chi connectivity index (χ2v) is 11.9.